The maximum atomic E-state index is 12.9. The number of primary amides is 1. The van der Waals surface area contributed by atoms with Crippen molar-refractivity contribution in [3.05, 3.63) is 77.4 Å². The van der Waals surface area contributed by atoms with Crippen LogP contribution in [0.5, 0.6) is 11.6 Å². The van der Waals surface area contributed by atoms with Crippen LogP contribution in [0.2, 0.25) is 0 Å². The summed E-state index contributed by atoms with van der Waals surface area (Å²) in [6.45, 7) is 7.01. The molecule has 0 bridgehead atoms. The number of aromatic nitrogens is 1. The molecule has 4 rings (SSSR count). The van der Waals surface area contributed by atoms with E-state index < -0.39 is 28.9 Å². The van der Waals surface area contributed by atoms with E-state index in [2.05, 4.69) is 5.32 Å². The predicted molar refractivity (Wildman–Crippen MR) is 125 cm³/mol. The smallest absolute Gasteiger partial charge is 0.318 e. The first-order chi connectivity index (χ1) is 15.5. The molecule has 0 spiro atoms. The van der Waals surface area contributed by atoms with Gasteiger partial charge in [-0.15, -0.1) is 0 Å². The van der Waals surface area contributed by atoms with Crippen molar-refractivity contribution >= 4 is 11.9 Å². The Hall–Kier alpha value is -3.71. The summed E-state index contributed by atoms with van der Waals surface area (Å²) >= 11 is 0. The van der Waals surface area contributed by atoms with E-state index in [9.17, 15) is 14.7 Å². The highest BCUT2D eigenvalue weighted by Crippen LogP contribution is 2.51. The summed E-state index contributed by atoms with van der Waals surface area (Å²) in [6, 6.07) is 17.9. The number of nitrogens with zero attached hydrogens (tertiary/aromatic N) is 1. The molecule has 1 aliphatic rings. The van der Waals surface area contributed by atoms with Gasteiger partial charge in [0.2, 0.25) is 11.8 Å². The number of hydrogen-bond acceptors (Lipinski definition) is 5. The van der Waals surface area contributed by atoms with Gasteiger partial charge in [0.05, 0.1) is 16.7 Å². The molecule has 1 aliphatic heterocycles. The molecular weight excluding hydrogens is 418 g/mol. The summed E-state index contributed by atoms with van der Waals surface area (Å²) in [5.74, 6) is 0.129. The zero-order valence-electron chi connectivity index (χ0n) is 19.0. The maximum absolute atomic E-state index is 12.9. The van der Waals surface area contributed by atoms with Gasteiger partial charge in [0.25, 0.3) is 0 Å². The van der Waals surface area contributed by atoms with Crippen molar-refractivity contribution in [1.82, 2.24) is 10.3 Å². The van der Waals surface area contributed by atoms with Crippen LogP contribution in [0, 0.1) is 5.41 Å². The first-order valence-electron chi connectivity index (χ1n) is 10.7. The highest BCUT2D eigenvalue weighted by atomic mass is 16.5. The minimum Gasteiger partial charge on any atom is -0.438 e. The molecule has 0 aliphatic carbocycles. The molecule has 4 N–H and O–H groups in total. The zero-order valence-corrected chi connectivity index (χ0v) is 19.0. The van der Waals surface area contributed by atoms with Crippen molar-refractivity contribution in [3.8, 4) is 22.9 Å². The number of pyridine rings is 1. The molecule has 0 radical (unpaired) electrons. The quantitative estimate of drug-likeness (QED) is 0.549. The molecule has 3 amide bonds. The summed E-state index contributed by atoms with van der Waals surface area (Å²) in [5, 5.41) is 12.4. The fourth-order valence-corrected chi connectivity index (χ4v) is 4.23. The molecule has 0 fully saturated rings. The normalized spacial score (nSPS) is 15.1. The first kappa shape index (κ1) is 22.5. The van der Waals surface area contributed by atoms with Gasteiger partial charge < -0.3 is 15.6 Å². The molecule has 0 saturated carbocycles. The van der Waals surface area contributed by atoms with Gasteiger partial charge in [-0.25, -0.2) is 9.78 Å². The molecule has 1 aromatic heterocycles. The number of hydrogen-bond donors (Lipinski definition) is 3. The number of nitrogens with two attached hydrogens (primary N) is 1. The molecule has 7 nitrogen and oxygen atoms in total. The molecule has 1 atom stereocenters. The summed E-state index contributed by atoms with van der Waals surface area (Å²) in [4.78, 5) is 29.0. The average molecular weight is 446 g/mol. The van der Waals surface area contributed by atoms with Gasteiger partial charge in [0.15, 0.2) is 0 Å². The van der Waals surface area contributed by atoms with Crippen LogP contribution < -0.4 is 15.8 Å². The lowest BCUT2D eigenvalue weighted by Crippen LogP contribution is -2.46. The summed E-state index contributed by atoms with van der Waals surface area (Å²) in [6.07, 6.45) is 0. The Labute approximate surface area is 192 Å². The second-order valence-corrected chi connectivity index (χ2v) is 9.34. The van der Waals surface area contributed by atoms with Gasteiger partial charge in [-0.3, -0.25) is 10.1 Å². The molecule has 2 heterocycles. The van der Waals surface area contributed by atoms with Crippen LogP contribution in [-0.2, 0) is 10.4 Å². The monoisotopic (exact) mass is 445 g/mol. The van der Waals surface area contributed by atoms with Crippen molar-refractivity contribution in [1.29, 1.82) is 0 Å². The third-order valence-electron chi connectivity index (χ3n) is 6.07. The van der Waals surface area contributed by atoms with E-state index in [0.717, 1.165) is 22.3 Å². The van der Waals surface area contributed by atoms with Gasteiger partial charge in [-0.2, -0.15) is 0 Å². The van der Waals surface area contributed by atoms with Crippen LogP contribution in [0.15, 0.2) is 60.7 Å². The number of ether oxygens (including phenoxy) is 1. The van der Waals surface area contributed by atoms with Crippen molar-refractivity contribution in [2.24, 2.45) is 11.1 Å². The SMILES string of the molecule is CC(C)(O)c1ccc(-c2ccc3c(n2)Oc2ccccc2C3C(C)(C)C(=O)NC(N)=O)cc1. The van der Waals surface area contributed by atoms with E-state index in [1.807, 2.05) is 60.7 Å². The van der Waals surface area contributed by atoms with Gasteiger partial charge >= 0.3 is 6.03 Å². The minimum absolute atomic E-state index is 0.405. The van der Waals surface area contributed by atoms with E-state index in [1.165, 1.54) is 0 Å². The van der Waals surface area contributed by atoms with E-state index in [-0.39, 0.29) is 0 Å². The van der Waals surface area contributed by atoms with Crippen LogP contribution in [0.3, 0.4) is 0 Å². The van der Waals surface area contributed by atoms with Crippen molar-refractivity contribution in [2.45, 2.75) is 39.2 Å². The van der Waals surface area contributed by atoms with Crippen LogP contribution in [0.4, 0.5) is 4.79 Å². The van der Waals surface area contributed by atoms with Crippen molar-refractivity contribution < 1.29 is 19.4 Å². The lowest BCUT2D eigenvalue weighted by Gasteiger charge is -2.37. The number of rotatable bonds is 4. The molecule has 7 heteroatoms. The van der Waals surface area contributed by atoms with E-state index in [1.54, 1.807) is 27.7 Å². The number of imide groups is 1. The van der Waals surface area contributed by atoms with Crippen LogP contribution in [0.1, 0.15) is 50.3 Å². The number of carbonyl (C=O) groups excluding carboxylic acids is 2. The van der Waals surface area contributed by atoms with Gasteiger partial charge in [-0.05, 0) is 31.5 Å². The number of nitrogens with one attached hydrogen (secondary N) is 1. The number of benzene rings is 2. The van der Waals surface area contributed by atoms with Gasteiger partial charge in [-0.1, -0.05) is 62.4 Å². The van der Waals surface area contributed by atoms with Crippen LogP contribution in [0.25, 0.3) is 11.3 Å². The fourth-order valence-electron chi connectivity index (χ4n) is 4.23. The third kappa shape index (κ3) is 4.19. The van der Waals surface area contributed by atoms with E-state index in [4.69, 9.17) is 15.5 Å². The number of fused-ring (bicyclic) bond motifs is 2. The van der Waals surface area contributed by atoms with E-state index in [0.29, 0.717) is 17.3 Å². The van der Waals surface area contributed by atoms with Crippen molar-refractivity contribution in [3.63, 3.8) is 0 Å². The summed E-state index contributed by atoms with van der Waals surface area (Å²) in [5.41, 5.74) is 7.22. The lowest BCUT2D eigenvalue weighted by molar-refractivity contribution is -0.128. The largest absolute Gasteiger partial charge is 0.438 e. The van der Waals surface area contributed by atoms with Gasteiger partial charge in [0, 0.05) is 22.6 Å². The minimum atomic E-state index is -1.01. The lowest BCUT2D eigenvalue weighted by atomic mass is 9.69. The number of para-hydroxylation sites is 1. The Bertz CT molecular complexity index is 1230. The Kier molecular flexibility index (Phi) is 5.46. The highest BCUT2D eigenvalue weighted by Gasteiger charge is 2.44. The number of aliphatic hydroxyl groups is 1. The standard InChI is InChI=1S/C26H27N3O4/c1-25(2,23(30)29-24(27)31)21-17-7-5-6-8-20(17)33-22-18(21)13-14-19(28-22)15-9-11-16(12-10-15)26(3,4)32/h5-14,21,32H,1-4H3,(H3,27,29,30,31). The number of amides is 3. The first-order valence-corrected chi connectivity index (χ1v) is 10.7. The maximum Gasteiger partial charge on any atom is 0.318 e. The third-order valence-corrected chi connectivity index (χ3v) is 6.07. The number of carbonyl (C=O) groups is 2. The Morgan fingerprint density at radius 3 is 2.27 bits per heavy atom. The number of urea groups is 1. The van der Waals surface area contributed by atoms with Crippen molar-refractivity contribution in [2.75, 3.05) is 0 Å². The second-order valence-electron chi connectivity index (χ2n) is 9.34. The molecule has 3 aromatic rings. The fraction of sp³-hybridized carbons (Fsp3) is 0.269. The Morgan fingerprint density at radius 1 is 0.970 bits per heavy atom. The molecule has 33 heavy (non-hydrogen) atoms. The Morgan fingerprint density at radius 2 is 1.64 bits per heavy atom. The van der Waals surface area contributed by atoms with E-state index >= 15 is 0 Å². The molecule has 170 valence electrons. The predicted octanol–water partition coefficient (Wildman–Crippen LogP) is 4.43. The molecule has 1 unspecified atom stereocenters. The highest BCUT2D eigenvalue weighted by molar-refractivity contribution is 5.97. The second kappa shape index (κ2) is 8.01. The summed E-state index contributed by atoms with van der Waals surface area (Å²) in [7, 11) is 0. The molecule has 2 aromatic carbocycles. The zero-order chi connectivity index (χ0) is 24.0. The topological polar surface area (TPSA) is 115 Å². The Balaban J connectivity index is 1.78. The van der Waals surface area contributed by atoms with Crippen LogP contribution in [-0.4, -0.2) is 22.0 Å². The average Bonchev–Trinajstić information content (AvgIpc) is 2.76. The summed E-state index contributed by atoms with van der Waals surface area (Å²) < 4.78 is 6.13. The van der Waals surface area contributed by atoms with Crippen LogP contribution >= 0.6 is 0 Å². The van der Waals surface area contributed by atoms with Gasteiger partial charge in [0.1, 0.15) is 5.75 Å². The molecular formula is C26H27N3O4. The molecule has 0 saturated heterocycles.